The highest BCUT2D eigenvalue weighted by atomic mass is 32.1. The van der Waals surface area contributed by atoms with Crippen LogP contribution in [0.3, 0.4) is 0 Å². The third-order valence-electron chi connectivity index (χ3n) is 4.54. The highest BCUT2D eigenvalue weighted by Crippen LogP contribution is 2.22. The molecule has 3 heterocycles. The largest absolute Gasteiger partial charge is 0.478 e. The molecule has 24 heavy (non-hydrogen) atoms. The van der Waals surface area contributed by atoms with E-state index in [1.54, 1.807) is 11.8 Å². The number of nitrogens with zero attached hydrogens (tertiary/aromatic N) is 3. The molecular formula is C16H19N3O4S. The Balaban J connectivity index is 1.94. The molecule has 0 spiro atoms. The Bertz CT molecular complexity index is 862. The monoisotopic (exact) mass is 349 g/mol. The molecule has 1 saturated heterocycles. The van der Waals surface area contributed by atoms with Crippen molar-refractivity contribution in [2.75, 3.05) is 13.1 Å². The van der Waals surface area contributed by atoms with Gasteiger partial charge < -0.3 is 10.0 Å². The SMILES string of the molecule is Cc1nc2scc(C(=O)O)c2c(=O)n1CC(=O)N1CCC(C)CC1. The van der Waals surface area contributed by atoms with Crippen LogP contribution in [0.1, 0.15) is 35.9 Å². The highest BCUT2D eigenvalue weighted by molar-refractivity contribution is 7.17. The van der Waals surface area contributed by atoms with E-state index in [2.05, 4.69) is 11.9 Å². The first-order valence-corrected chi connectivity index (χ1v) is 8.76. The first-order valence-electron chi connectivity index (χ1n) is 7.88. The molecule has 2 aromatic rings. The minimum atomic E-state index is -1.16. The van der Waals surface area contributed by atoms with E-state index in [4.69, 9.17) is 0 Å². The molecule has 0 aliphatic carbocycles. The number of carboxylic acid groups (broad SMARTS) is 1. The number of carbonyl (C=O) groups is 2. The standard InChI is InChI=1S/C16H19N3O4S/c1-9-3-5-18(6-4-9)12(20)7-19-10(2)17-14-13(15(19)21)11(8-24-14)16(22)23/h8-9H,3-7H2,1-2H3,(H,22,23). The maximum Gasteiger partial charge on any atom is 0.337 e. The number of thiophene rings is 1. The number of hydrogen-bond donors (Lipinski definition) is 1. The molecule has 0 unspecified atom stereocenters. The van der Waals surface area contributed by atoms with Gasteiger partial charge in [0.1, 0.15) is 17.2 Å². The van der Waals surface area contributed by atoms with Gasteiger partial charge in [0.25, 0.3) is 5.56 Å². The minimum Gasteiger partial charge on any atom is -0.478 e. The Labute approximate surface area is 142 Å². The van der Waals surface area contributed by atoms with E-state index in [0.29, 0.717) is 29.7 Å². The Hall–Kier alpha value is -2.22. The van der Waals surface area contributed by atoms with E-state index in [1.807, 2.05) is 0 Å². The van der Waals surface area contributed by atoms with Crippen molar-refractivity contribution >= 4 is 33.4 Å². The normalized spacial score (nSPS) is 15.8. The summed E-state index contributed by atoms with van der Waals surface area (Å²) < 4.78 is 1.28. The second kappa shape index (κ2) is 6.35. The maximum absolute atomic E-state index is 12.7. The van der Waals surface area contributed by atoms with Crippen LogP contribution in [0.15, 0.2) is 10.2 Å². The van der Waals surface area contributed by atoms with Gasteiger partial charge in [-0.2, -0.15) is 0 Å². The Morgan fingerprint density at radius 1 is 1.38 bits per heavy atom. The van der Waals surface area contributed by atoms with E-state index in [-0.39, 0.29) is 23.4 Å². The zero-order chi connectivity index (χ0) is 17.4. The first kappa shape index (κ1) is 16.6. The molecule has 0 atom stereocenters. The number of carboxylic acids is 1. The van der Waals surface area contributed by atoms with E-state index in [9.17, 15) is 19.5 Å². The van der Waals surface area contributed by atoms with Crippen molar-refractivity contribution in [1.82, 2.24) is 14.5 Å². The Morgan fingerprint density at radius 2 is 2.04 bits per heavy atom. The van der Waals surface area contributed by atoms with E-state index < -0.39 is 11.5 Å². The van der Waals surface area contributed by atoms with E-state index >= 15 is 0 Å². The molecule has 1 amide bonds. The van der Waals surface area contributed by atoms with Gasteiger partial charge in [-0.05, 0) is 25.7 Å². The van der Waals surface area contributed by atoms with Crippen LogP contribution in [0.4, 0.5) is 0 Å². The van der Waals surface area contributed by atoms with Gasteiger partial charge in [-0.25, -0.2) is 9.78 Å². The lowest BCUT2D eigenvalue weighted by Crippen LogP contribution is -2.41. The summed E-state index contributed by atoms with van der Waals surface area (Å²) in [7, 11) is 0. The van der Waals surface area contributed by atoms with Gasteiger partial charge >= 0.3 is 5.97 Å². The quantitative estimate of drug-likeness (QED) is 0.911. The topological polar surface area (TPSA) is 92.5 Å². The summed E-state index contributed by atoms with van der Waals surface area (Å²) in [6, 6.07) is 0. The summed E-state index contributed by atoms with van der Waals surface area (Å²) in [6.07, 6.45) is 1.93. The summed E-state index contributed by atoms with van der Waals surface area (Å²) in [6.45, 7) is 5.12. The zero-order valence-electron chi connectivity index (χ0n) is 13.6. The van der Waals surface area contributed by atoms with Crippen molar-refractivity contribution in [3.05, 3.63) is 27.1 Å². The van der Waals surface area contributed by atoms with Crippen LogP contribution in [-0.4, -0.2) is 44.5 Å². The number of rotatable bonds is 3. The van der Waals surface area contributed by atoms with Gasteiger partial charge in [-0.15, -0.1) is 11.3 Å². The molecule has 0 bridgehead atoms. The fourth-order valence-electron chi connectivity index (χ4n) is 2.96. The van der Waals surface area contributed by atoms with Crippen LogP contribution in [-0.2, 0) is 11.3 Å². The van der Waals surface area contributed by atoms with Crippen LogP contribution in [0.5, 0.6) is 0 Å². The Morgan fingerprint density at radius 3 is 2.67 bits per heavy atom. The van der Waals surface area contributed by atoms with Crippen molar-refractivity contribution in [3.63, 3.8) is 0 Å². The lowest BCUT2D eigenvalue weighted by Gasteiger charge is -2.30. The number of piperidine rings is 1. The van der Waals surface area contributed by atoms with Crippen molar-refractivity contribution in [3.8, 4) is 0 Å². The van der Waals surface area contributed by atoms with Crippen LogP contribution >= 0.6 is 11.3 Å². The molecular weight excluding hydrogens is 330 g/mol. The molecule has 1 N–H and O–H groups in total. The second-order valence-corrected chi connectivity index (χ2v) is 7.11. The Kier molecular flexibility index (Phi) is 4.40. The molecule has 128 valence electrons. The van der Waals surface area contributed by atoms with Crippen molar-refractivity contribution in [1.29, 1.82) is 0 Å². The van der Waals surface area contributed by atoms with Crippen molar-refractivity contribution in [2.45, 2.75) is 33.2 Å². The molecule has 8 heteroatoms. The van der Waals surface area contributed by atoms with Gasteiger partial charge in [-0.3, -0.25) is 14.2 Å². The minimum absolute atomic E-state index is 0.0551. The van der Waals surface area contributed by atoms with Gasteiger partial charge in [0.2, 0.25) is 5.91 Å². The molecule has 1 fully saturated rings. The molecule has 3 rings (SSSR count). The lowest BCUT2D eigenvalue weighted by molar-refractivity contribution is -0.133. The predicted molar refractivity (Wildman–Crippen MR) is 90.6 cm³/mol. The van der Waals surface area contributed by atoms with E-state index in [1.165, 1.54) is 9.95 Å². The smallest absolute Gasteiger partial charge is 0.337 e. The van der Waals surface area contributed by atoms with Gasteiger partial charge in [0, 0.05) is 18.5 Å². The van der Waals surface area contributed by atoms with Crippen molar-refractivity contribution < 1.29 is 14.7 Å². The van der Waals surface area contributed by atoms with Gasteiger partial charge in [0.05, 0.1) is 10.9 Å². The number of likely N-dealkylation sites (tertiary alicyclic amines) is 1. The average molecular weight is 349 g/mol. The number of aromatic carboxylic acids is 1. The third kappa shape index (κ3) is 2.93. The molecule has 0 radical (unpaired) electrons. The number of carbonyl (C=O) groups excluding carboxylic acids is 1. The molecule has 0 saturated carbocycles. The fourth-order valence-corrected chi connectivity index (χ4v) is 3.91. The predicted octanol–water partition coefficient (Wildman–Crippen LogP) is 1.72. The molecule has 0 aromatic carbocycles. The van der Waals surface area contributed by atoms with Crippen LogP contribution in [0.2, 0.25) is 0 Å². The van der Waals surface area contributed by atoms with Crippen LogP contribution < -0.4 is 5.56 Å². The number of aryl methyl sites for hydroxylation is 1. The highest BCUT2D eigenvalue weighted by Gasteiger charge is 2.23. The molecule has 2 aromatic heterocycles. The summed E-state index contributed by atoms with van der Waals surface area (Å²) in [4.78, 5) is 42.9. The zero-order valence-corrected chi connectivity index (χ0v) is 14.4. The lowest BCUT2D eigenvalue weighted by atomic mass is 9.99. The fraction of sp³-hybridized carbons (Fsp3) is 0.500. The maximum atomic E-state index is 12.7. The number of fused-ring (bicyclic) bond motifs is 1. The first-order chi connectivity index (χ1) is 11.4. The van der Waals surface area contributed by atoms with Gasteiger partial charge in [0.15, 0.2) is 0 Å². The number of hydrogen-bond acceptors (Lipinski definition) is 5. The second-order valence-electron chi connectivity index (χ2n) is 6.25. The van der Waals surface area contributed by atoms with Crippen molar-refractivity contribution in [2.24, 2.45) is 5.92 Å². The summed E-state index contributed by atoms with van der Waals surface area (Å²) in [5, 5.41) is 10.7. The summed E-state index contributed by atoms with van der Waals surface area (Å²) in [5.74, 6) is -0.252. The van der Waals surface area contributed by atoms with E-state index in [0.717, 1.165) is 24.2 Å². The number of aromatic nitrogens is 2. The average Bonchev–Trinajstić information content (AvgIpc) is 2.96. The van der Waals surface area contributed by atoms with Gasteiger partial charge in [-0.1, -0.05) is 6.92 Å². The van der Waals surface area contributed by atoms with Crippen LogP contribution in [0.25, 0.3) is 10.2 Å². The third-order valence-corrected chi connectivity index (χ3v) is 5.42. The molecule has 1 aliphatic heterocycles. The molecule has 7 nitrogen and oxygen atoms in total. The molecule has 1 aliphatic rings. The summed E-state index contributed by atoms with van der Waals surface area (Å²) in [5.41, 5.74) is -0.518. The number of amides is 1. The van der Waals surface area contributed by atoms with Crippen LogP contribution in [0, 0.1) is 12.8 Å². The summed E-state index contributed by atoms with van der Waals surface area (Å²) >= 11 is 1.13.